The molecule has 0 aromatic rings. The van der Waals surface area contributed by atoms with Gasteiger partial charge in [-0.3, -0.25) is 47.9 Å². The summed E-state index contributed by atoms with van der Waals surface area (Å²) >= 11 is 0. The molecule has 0 aliphatic heterocycles. The summed E-state index contributed by atoms with van der Waals surface area (Å²) in [5.41, 5.74) is 21.9. The van der Waals surface area contributed by atoms with Crippen molar-refractivity contribution in [3.63, 3.8) is 0 Å². The molecule has 4 saturated carbocycles. The van der Waals surface area contributed by atoms with E-state index in [1.807, 2.05) is 0 Å². The maximum atomic E-state index is 12.7. The number of amides is 12. The molecule has 80 heavy (non-hydrogen) atoms. The first kappa shape index (κ1) is 67.5. The van der Waals surface area contributed by atoms with Crippen LogP contribution in [-0.4, -0.2) is 161 Å². The minimum Gasteiger partial charge on any atom is -0.453 e. The number of nitrogens with zero attached hydrogens (tertiary/aromatic N) is 2. The lowest BCUT2D eigenvalue weighted by Gasteiger charge is -2.22. The highest BCUT2D eigenvalue weighted by Gasteiger charge is 2.37. The normalized spacial score (nSPS) is 15.8. The van der Waals surface area contributed by atoms with Crippen LogP contribution in [0.1, 0.15) is 141 Å². The number of hydrogen-bond donors (Lipinski definition) is 10. The Morgan fingerprint density at radius 1 is 0.362 bits per heavy atom. The number of carbonyl (C=O) groups excluding carboxylic acids is 12. The molecule has 12 amide bonds. The first-order valence-electron chi connectivity index (χ1n) is 28.7. The quantitative estimate of drug-likeness (QED) is 0.0368. The van der Waals surface area contributed by atoms with Crippen molar-refractivity contribution < 1.29 is 67.0 Å². The second-order valence-electron chi connectivity index (χ2n) is 21.6. The Morgan fingerprint density at radius 2 is 0.588 bits per heavy atom. The van der Waals surface area contributed by atoms with Crippen molar-refractivity contribution in [3.8, 4) is 0 Å². The highest BCUT2D eigenvalue weighted by molar-refractivity contribution is 5.90. The Hall–Kier alpha value is -6.76. The number of methoxy groups -OCH3 is 2. The Labute approximate surface area is 469 Å². The summed E-state index contributed by atoms with van der Waals surface area (Å²) < 4.78 is 8.97. The second-order valence-corrected chi connectivity index (χ2v) is 21.6. The number of nitrogens with two attached hydrogens (primary N) is 4. The van der Waals surface area contributed by atoms with Gasteiger partial charge < -0.3 is 74.1 Å². The van der Waals surface area contributed by atoms with Crippen LogP contribution in [-0.2, 0) is 57.4 Å². The fraction of sp³-hybridized carbons (Fsp3) is 0.778. The fourth-order valence-corrected chi connectivity index (χ4v) is 9.69. The van der Waals surface area contributed by atoms with Gasteiger partial charge in [-0.1, -0.05) is 25.7 Å². The number of primary amides is 4. The SMILES string of the molecule is COC(=O)NCCC(=O)N(CC(=O)NCCCCC(C(N)=O)C1CC1)CC(=O)NCCCCC(C(N)=O)C1CC1.COC(=O)NCCC(=O)N(CC(=O)NCCCCC(C(N)=O)C1CC1)CC(=O)NCCCCC(C(N)=O)C1CC1. The second kappa shape index (κ2) is 37.2. The average molecular weight is 1130 g/mol. The minimum atomic E-state index is -0.685. The van der Waals surface area contributed by atoms with E-state index >= 15 is 0 Å². The molecule has 0 heterocycles. The van der Waals surface area contributed by atoms with Gasteiger partial charge in [-0.25, -0.2) is 9.59 Å². The van der Waals surface area contributed by atoms with Crippen LogP contribution >= 0.6 is 0 Å². The monoisotopic (exact) mass is 1130 g/mol. The molecule has 26 heteroatoms. The van der Waals surface area contributed by atoms with Gasteiger partial charge in [-0.2, -0.15) is 0 Å². The summed E-state index contributed by atoms with van der Waals surface area (Å²) in [6.07, 6.45) is 15.1. The maximum absolute atomic E-state index is 12.7. The number of ether oxygens (including phenoxy) is 2. The molecule has 4 unspecified atom stereocenters. The van der Waals surface area contributed by atoms with E-state index in [0.717, 1.165) is 86.8 Å². The lowest BCUT2D eigenvalue weighted by molar-refractivity contribution is -0.139. The van der Waals surface area contributed by atoms with Gasteiger partial charge in [-0.15, -0.1) is 0 Å². The Balaban J connectivity index is 0.000000420. The first-order chi connectivity index (χ1) is 38.2. The third-order valence-electron chi connectivity index (χ3n) is 14.9. The number of carbonyl (C=O) groups is 12. The van der Waals surface area contributed by atoms with Crippen molar-refractivity contribution in [2.24, 2.45) is 70.3 Å². The van der Waals surface area contributed by atoms with Gasteiger partial charge in [0.05, 0.1) is 14.2 Å². The predicted octanol–water partition coefficient (Wildman–Crippen LogP) is 0.314. The summed E-state index contributed by atoms with van der Waals surface area (Å²) in [6.45, 7) is 0.262. The van der Waals surface area contributed by atoms with Gasteiger partial charge in [0, 0.05) is 75.8 Å². The molecule has 0 aromatic carbocycles. The van der Waals surface area contributed by atoms with Crippen LogP contribution in [0.15, 0.2) is 0 Å². The standard InChI is InChI=1S/2C27H46N6O7/c2*1-40-27(39)32-15-12-24(36)33(16-22(34)30-13-4-2-6-20(25(28)37)18-8-9-18)17-23(35)31-14-5-3-7-21(26(29)38)19-10-11-19/h2*18-21H,2-17H2,1H3,(H2,28,37)(H2,29,38)(H,30,34)(H,31,35)(H,32,39). The molecule has 452 valence electrons. The number of rotatable bonds is 42. The zero-order chi connectivity index (χ0) is 59.0. The molecule has 4 aliphatic carbocycles. The summed E-state index contributed by atoms with van der Waals surface area (Å²) in [4.78, 5) is 147. The molecule has 4 rings (SSSR count). The molecule has 4 atom stereocenters. The number of nitrogens with one attached hydrogen (secondary N) is 6. The van der Waals surface area contributed by atoms with Crippen molar-refractivity contribution in [1.29, 1.82) is 0 Å². The third-order valence-corrected chi connectivity index (χ3v) is 14.9. The van der Waals surface area contributed by atoms with Crippen LogP contribution in [0.5, 0.6) is 0 Å². The topological polar surface area (TPSA) is 406 Å². The van der Waals surface area contributed by atoms with E-state index in [2.05, 4.69) is 41.4 Å². The summed E-state index contributed by atoms with van der Waals surface area (Å²) in [5.74, 6) is -2.52. The minimum absolute atomic E-state index is 0.00467. The van der Waals surface area contributed by atoms with Gasteiger partial charge in [0.15, 0.2) is 0 Å². The molecule has 0 spiro atoms. The van der Waals surface area contributed by atoms with E-state index in [1.54, 1.807) is 0 Å². The zero-order valence-corrected chi connectivity index (χ0v) is 47.2. The van der Waals surface area contributed by atoms with Crippen molar-refractivity contribution >= 4 is 71.3 Å². The van der Waals surface area contributed by atoms with Crippen molar-refractivity contribution in [2.75, 3.05) is 79.7 Å². The van der Waals surface area contributed by atoms with Crippen molar-refractivity contribution in [3.05, 3.63) is 0 Å². The van der Waals surface area contributed by atoms with Gasteiger partial charge in [-0.05, 0) is 126 Å². The molecule has 0 radical (unpaired) electrons. The van der Waals surface area contributed by atoms with E-state index in [9.17, 15) is 57.5 Å². The van der Waals surface area contributed by atoms with Crippen LogP contribution in [0.3, 0.4) is 0 Å². The van der Waals surface area contributed by atoms with E-state index in [1.165, 1.54) is 14.2 Å². The van der Waals surface area contributed by atoms with Crippen LogP contribution in [0.4, 0.5) is 9.59 Å². The molecule has 4 aliphatic rings. The first-order valence-corrected chi connectivity index (χ1v) is 28.7. The Kier molecular flexibility index (Phi) is 31.4. The van der Waals surface area contributed by atoms with E-state index < -0.39 is 47.6 Å². The van der Waals surface area contributed by atoms with Gasteiger partial charge >= 0.3 is 12.2 Å². The number of unbranched alkanes of at least 4 members (excludes halogenated alkanes) is 4. The van der Waals surface area contributed by atoms with Crippen LogP contribution in [0.25, 0.3) is 0 Å². The maximum Gasteiger partial charge on any atom is 0.406 e. The smallest absolute Gasteiger partial charge is 0.406 e. The molecule has 0 aromatic heterocycles. The lowest BCUT2D eigenvalue weighted by Crippen LogP contribution is -2.46. The third kappa shape index (κ3) is 29.5. The van der Waals surface area contributed by atoms with E-state index in [-0.39, 0.29) is 99.4 Å². The lowest BCUT2D eigenvalue weighted by atomic mass is 9.96. The van der Waals surface area contributed by atoms with Crippen LogP contribution in [0, 0.1) is 47.3 Å². The molecular formula is C54H92N12O14. The van der Waals surface area contributed by atoms with Crippen LogP contribution in [0.2, 0.25) is 0 Å². The number of hydrogen-bond acceptors (Lipinski definition) is 14. The van der Waals surface area contributed by atoms with Gasteiger partial charge in [0.1, 0.15) is 26.2 Å². The van der Waals surface area contributed by atoms with E-state index in [0.29, 0.717) is 101 Å². The van der Waals surface area contributed by atoms with Crippen molar-refractivity contribution in [2.45, 2.75) is 141 Å². The zero-order valence-electron chi connectivity index (χ0n) is 47.2. The molecule has 26 nitrogen and oxygen atoms in total. The van der Waals surface area contributed by atoms with Gasteiger partial charge in [0.25, 0.3) is 0 Å². The highest BCUT2D eigenvalue weighted by Crippen LogP contribution is 2.41. The van der Waals surface area contributed by atoms with Crippen LogP contribution < -0.4 is 54.8 Å². The Bertz CT molecular complexity index is 1820. The predicted molar refractivity (Wildman–Crippen MR) is 292 cm³/mol. The molecule has 14 N–H and O–H groups in total. The summed E-state index contributed by atoms with van der Waals surface area (Å²) in [6, 6.07) is 0. The fourth-order valence-electron chi connectivity index (χ4n) is 9.69. The van der Waals surface area contributed by atoms with Gasteiger partial charge in [0.2, 0.25) is 59.1 Å². The van der Waals surface area contributed by atoms with Crippen molar-refractivity contribution in [1.82, 2.24) is 41.7 Å². The van der Waals surface area contributed by atoms with E-state index in [4.69, 9.17) is 22.9 Å². The molecular weight excluding hydrogens is 1040 g/mol. The molecule has 0 saturated heterocycles. The molecule has 4 fully saturated rings. The summed E-state index contributed by atoms with van der Waals surface area (Å²) in [7, 11) is 2.41. The Morgan fingerprint density at radius 3 is 0.775 bits per heavy atom. The average Bonchev–Trinajstić information content (AvgIpc) is 4.18. The molecule has 0 bridgehead atoms. The number of alkyl carbamates (subject to hydrolysis) is 2. The highest BCUT2D eigenvalue weighted by atomic mass is 16.5. The summed E-state index contributed by atoms with van der Waals surface area (Å²) in [5, 5.41) is 15.8. The largest absolute Gasteiger partial charge is 0.453 e.